The van der Waals surface area contributed by atoms with Crippen molar-refractivity contribution in [2.24, 2.45) is 0 Å². The Hall–Kier alpha value is -2.51. The molecular formula is C17H15ClN2O4S. The molecule has 0 fully saturated rings. The number of sulfonamides is 1. The highest BCUT2D eigenvalue weighted by atomic mass is 35.5. The maximum Gasteiger partial charge on any atom is 0.337 e. The van der Waals surface area contributed by atoms with Crippen LogP contribution in [0.4, 0.5) is 5.69 Å². The number of carbonyl (C=O) groups excluding carboxylic acids is 1. The van der Waals surface area contributed by atoms with Gasteiger partial charge in [0.2, 0.25) is 10.0 Å². The van der Waals surface area contributed by atoms with Crippen molar-refractivity contribution in [3.05, 3.63) is 65.3 Å². The van der Waals surface area contributed by atoms with Gasteiger partial charge < -0.3 is 4.84 Å². The van der Waals surface area contributed by atoms with E-state index in [2.05, 4.69) is 4.72 Å². The molecule has 3 rings (SSSR count). The van der Waals surface area contributed by atoms with E-state index in [0.717, 1.165) is 11.8 Å². The summed E-state index contributed by atoms with van der Waals surface area (Å²) in [4.78, 5) is 17.5. The predicted octanol–water partition coefficient (Wildman–Crippen LogP) is 2.86. The molecule has 0 spiro atoms. The van der Waals surface area contributed by atoms with Gasteiger partial charge in [-0.15, -0.1) is 0 Å². The predicted molar refractivity (Wildman–Crippen MR) is 97.1 cm³/mol. The second-order valence-corrected chi connectivity index (χ2v) is 7.71. The zero-order chi connectivity index (χ0) is 18.0. The van der Waals surface area contributed by atoms with Crippen molar-refractivity contribution in [3.63, 3.8) is 0 Å². The molecule has 6 nitrogen and oxygen atoms in total. The van der Waals surface area contributed by atoms with E-state index in [1.807, 2.05) is 0 Å². The molecule has 25 heavy (non-hydrogen) atoms. The monoisotopic (exact) mass is 378 g/mol. The van der Waals surface area contributed by atoms with E-state index < -0.39 is 16.0 Å². The van der Waals surface area contributed by atoms with Gasteiger partial charge in [0.15, 0.2) is 0 Å². The maximum absolute atomic E-state index is 12.1. The van der Waals surface area contributed by atoms with Gasteiger partial charge in [-0.1, -0.05) is 29.8 Å². The van der Waals surface area contributed by atoms with Gasteiger partial charge >= 0.3 is 5.97 Å². The standard InChI is InChI=1S/C17H15ClN2O4S/c1-25(22,23)19-15-3-2-4-16-14(15)9-10-20(16)24-17(21)11-12-5-7-13(18)8-6-12/h2-10,19H,11H2,1H3. The third-order valence-electron chi connectivity index (χ3n) is 3.45. The van der Waals surface area contributed by atoms with Gasteiger partial charge in [0.05, 0.1) is 23.9 Å². The quantitative estimate of drug-likeness (QED) is 0.740. The smallest absolute Gasteiger partial charge is 0.336 e. The van der Waals surface area contributed by atoms with Crippen molar-refractivity contribution in [1.29, 1.82) is 0 Å². The van der Waals surface area contributed by atoms with Crippen LogP contribution in [-0.4, -0.2) is 25.4 Å². The summed E-state index contributed by atoms with van der Waals surface area (Å²) in [5.74, 6) is -0.443. The third kappa shape index (κ3) is 4.32. The van der Waals surface area contributed by atoms with Gasteiger partial charge in [-0.25, -0.2) is 13.2 Å². The summed E-state index contributed by atoms with van der Waals surface area (Å²) in [6.07, 6.45) is 2.74. The van der Waals surface area contributed by atoms with Crippen LogP contribution < -0.4 is 9.56 Å². The number of anilines is 1. The lowest BCUT2D eigenvalue weighted by Crippen LogP contribution is -2.20. The Balaban J connectivity index is 1.81. The molecule has 130 valence electrons. The highest BCUT2D eigenvalue weighted by Crippen LogP contribution is 2.24. The molecule has 1 heterocycles. The number of halogens is 1. The molecule has 0 saturated carbocycles. The minimum absolute atomic E-state index is 0.0954. The minimum Gasteiger partial charge on any atom is -0.336 e. The number of carbonyl (C=O) groups is 1. The molecule has 8 heteroatoms. The fourth-order valence-corrected chi connectivity index (χ4v) is 3.13. The molecule has 0 aliphatic rings. The Morgan fingerprint density at radius 2 is 1.88 bits per heavy atom. The number of fused-ring (bicyclic) bond motifs is 1. The second kappa shape index (κ2) is 6.78. The normalized spacial score (nSPS) is 11.4. The maximum atomic E-state index is 12.1. The molecule has 3 aromatic rings. The van der Waals surface area contributed by atoms with Crippen molar-refractivity contribution < 1.29 is 18.0 Å². The highest BCUT2D eigenvalue weighted by molar-refractivity contribution is 7.92. The van der Waals surface area contributed by atoms with Crippen molar-refractivity contribution in [3.8, 4) is 0 Å². The molecule has 0 bridgehead atoms. The van der Waals surface area contributed by atoms with Crippen LogP contribution in [0.5, 0.6) is 0 Å². The summed E-state index contributed by atoms with van der Waals surface area (Å²) in [7, 11) is -3.40. The Morgan fingerprint density at radius 1 is 1.16 bits per heavy atom. The molecule has 0 saturated heterocycles. The number of benzene rings is 2. The second-order valence-electron chi connectivity index (χ2n) is 5.52. The first-order valence-corrected chi connectivity index (χ1v) is 9.62. The van der Waals surface area contributed by atoms with Crippen molar-refractivity contribution >= 4 is 44.2 Å². The Bertz CT molecular complexity index is 1030. The van der Waals surface area contributed by atoms with E-state index in [4.69, 9.17) is 16.4 Å². The van der Waals surface area contributed by atoms with Crippen LogP contribution in [0.15, 0.2) is 54.7 Å². The summed E-state index contributed by atoms with van der Waals surface area (Å²) in [5, 5.41) is 1.23. The molecule has 1 aromatic heterocycles. The minimum atomic E-state index is -3.40. The number of nitrogens with one attached hydrogen (secondary N) is 1. The number of nitrogens with zero attached hydrogens (tertiary/aromatic N) is 1. The summed E-state index contributed by atoms with van der Waals surface area (Å²) in [6.45, 7) is 0. The Kier molecular flexibility index (Phi) is 4.69. The molecule has 0 unspecified atom stereocenters. The van der Waals surface area contributed by atoms with Crippen LogP contribution in [0.25, 0.3) is 10.9 Å². The van der Waals surface area contributed by atoms with Gasteiger partial charge in [-0.05, 0) is 35.9 Å². The summed E-state index contributed by atoms with van der Waals surface area (Å²) in [5.41, 5.74) is 1.79. The van der Waals surface area contributed by atoms with E-state index in [1.165, 1.54) is 4.73 Å². The van der Waals surface area contributed by atoms with E-state index in [9.17, 15) is 13.2 Å². The zero-order valence-electron chi connectivity index (χ0n) is 13.3. The van der Waals surface area contributed by atoms with E-state index >= 15 is 0 Å². The largest absolute Gasteiger partial charge is 0.337 e. The Labute approximate surface area is 150 Å². The molecule has 0 aliphatic carbocycles. The van der Waals surface area contributed by atoms with Crippen LogP contribution in [0, 0.1) is 0 Å². The Morgan fingerprint density at radius 3 is 2.56 bits per heavy atom. The topological polar surface area (TPSA) is 77.4 Å². The average molecular weight is 379 g/mol. The molecular weight excluding hydrogens is 364 g/mol. The fraction of sp³-hybridized carbons (Fsp3) is 0.118. The fourth-order valence-electron chi connectivity index (χ4n) is 2.42. The summed E-state index contributed by atoms with van der Waals surface area (Å²) < 4.78 is 26.6. The lowest BCUT2D eigenvalue weighted by Gasteiger charge is -2.08. The van der Waals surface area contributed by atoms with E-state index in [0.29, 0.717) is 21.6 Å². The first-order chi connectivity index (χ1) is 11.8. The summed E-state index contributed by atoms with van der Waals surface area (Å²) in [6, 6.07) is 13.7. The highest BCUT2D eigenvalue weighted by Gasteiger charge is 2.12. The summed E-state index contributed by atoms with van der Waals surface area (Å²) >= 11 is 5.82. The number of hydrogen-bond acceptors (Lipinski definition) is 4. The first-order valence-electron chi connectivity index (χ1n) is 7.35. The number of aromatic nitrogens is 1. The van der Waals surface area contributed by atoms with Crippen molar-refractivity contribution in [2.45, 2.75) is 6.42 Å². The van der Waals surface area contributed by atoms with E-state index in [-0.39, 0.29) is 6.42 Å². The van der Waals surface area contributed by atoms with Gasteiger partial charge in [-0.3, -0.25) is 4.72 Å². The molecule has 0 aliphatic heterocycles. The average Bonchev–Trinajstić information content (AvgIpc) is 2.92. The molecule has 0 atom stereocenters. The molecule has 2 aromatic carbocycles. The van der Waals surface area contributed by atoms with Crippen molar-refractivity contribution in [1.82, 2.24) is 4.73 Å². The van der Waals surface area contributed by atoms with Crippen LogP contribution in [-0.2, 0) is 21.2 Å². The van der Waals surface area contributed by atoms with Crippen LogP contribution >= 0.6 is 11.6 Å². The number of rotatable bonds is 5. The number of hydrogen-bond donors (Lipinski definition) is 1. The van der Waals surface area contributed by atoms with Gasteiger partial charge in [0.25, 0.3) is 0 Å². The SMILES string of the molecule is CS(=O)(=O)Nc1cccc2c1ccn2OC(=O)Cc1ccc(Cl)cc1. The molecule has 1 N–H and O–H groups in total. The molecule has 0 amide bonds. The van der Waals surface area contributed by atoms with Crippen LogP contribution in [0.3, 0.4) is 0 Å². The van der Waals surface area contributed by atoms with Gasteiger partial charge in [0, 0.05) is 16.6 Å². The first kappa shape index (κ1) is 17.3. The van der Waals surface area contributed by atoms with Crippen molar-refractivity contribution in [2.75, 3.05) is 11.0 Å². The van der Waals surface area contributed by atoms with Crippen LogP contribution in [0.2, 0.25) is 5.02 Å². The third-order valence-corrected chi connectivity index (χ3v) is 4.30. The van der Waals surface area contributed by atoms with E-state index in [1.54, 1.807) is 54.7 Å². The van der Waals surface area contributed by atoms with Gasteiger partial charge in [-0.2, -0.15) is 4.73 Å². The molecule has 0 radical (unpaired) electrons. The van der Waals surface area contributed by atoms with Crippen LogP contribution in [0.1, 0.15) is 5.56 Å². The van der Waals surface area contributed by atoms with Gasteiger partial charge in [0.1, 0.15) is 0 Å². The lowest BCUT2D eigenvalue weighted by atomic mass is 10.2. The zero-order valence-corrected chi connectivity index (χ0v) is 14.8. The lowest BCUT2D eigenvalue weighted by molar-refractivity contribution is -0.142.